The van der Waals surface area contributed by atoms with Crippen LogP contribution in [0.4, 0.5) is 4.79 Å². The quantitative estimate of drug-likeness (QED) is 0.845. The smallest absolute Gasteiger partial charge is 0.315 e. The van der Waals surface area contributed by atoms with Crippen LogP contribution in [-0.2, 0) is 25.8 Å². The molecule has 2 amide bonds. The normalized spacial score (nSPS) is 16.0. The highest BCUT2D eigenvalue weighted by Crippen LogP contribution is 2.26. The summed E-state index contributed by atoms with van der Waals surface area (Å²) >= 11 is 0. The number of aryl methyl sites for hydroxylation is 2. The summed E-state index contributed by atoms with van der Waals surface area (Å²) in [5.74, 6) is 2.08. The van der Waals surface area contributed by atoms with Crippen molar-refractivity contribution < 1.29 is 14.1 Å². The molecule has 1 aromatic carbocycles. The van der Waals surface area contributed by atoms with Crippen LogP contribution in [-0.4, -0.2) is 24.3 Å². The van der Waals surface area contributed by atoms with Crippen molar-refractivity contribution >= 4 is 6.03 Å². The topological polar surface area (TPSA) is 76.4 Å². The third-order valence-electron chi connectivity index (χ3n) is 4.54. The highest BCUT2D eigenvalue weighted by atomic mass is 16.5. The number of rotatable bonds is 6. The van der Waals surface area contributed by atoms with Crippen LogP contribution in [0.1, 0.15) is 36.4 Å². The second kappa shape index (κ2) is 8.05. The zero-order valence-electron chi connectivity index (χ0n) is 14.8. The van der Waals surface area contributed by atoms with Crippen LogP contribution < -0.4 is 15.4 Å². The van der Waals surface area contributed by atoms with E-state index in [0.29, 0.717) is 19.7 Å². The van der Waals surface area contributed by atoms with Crippen LogP contribution in [0.2, 0.25) is 0 Å². The van der Waals surface area contributed by atoms with Gasteiger partial charge in [0.2, 0.25) is 0 Å². The molecule has 1 atom stereocenters. The number of hydrogen-bond acceptors (Lipinski definition) is 4. The first kappa shape index (κ1) is 17.3. The highest BCUT2D eigenvalue weighted by molar-refractivity contribution is 5.73. The van der Waals surface area contributed by atoms with Gasteiger partial charge in [-0.15, -0.1) is 0 Å². The van der Waals surface area contributed by atoms with Crippen LogP contribution in [0.3, 0.4) is 0 Å². The van der Waals surface area contributed by atoms with Gasteiger partial charge in [-0.05, 0) is 24.5 Å². The standard InChI is InChI=1S/C19H25N3O3/c1-3-16-15(17(4-2)25-22-16)11-21-19(23)20-10-13-9-14-7-5-6-8-18(14)24-12-13/h5-8,13H,3-4,9-12H2,1-2H3,(H2,20,21,23)/t13-/m1/s1. The van der Waals surface area contributed by atoms with E-state index < -0.39 is 0 Å². The molecular weight excluding hydrogens is 318 g/mol. The lowest BCUT2D eigenvalue weighted by atomic mass is 9.97. The average molecular weight is 343 g/mol. The number of para-hydroxylation sites is 1. The summed E-state index contributed by atoms with van der Waals surface area (Å²) in [6.45, 7) is 5.70. The van der Waals surface area contributed by atoms with Crippen molar-refractivity contribution in [2.24, 2.45) is 5.92 Å². The number of carbonyl (C=O) groups excluding carboxylic acids is 1. The maximum Gasteiger partial charge on any atom is 0.315 e. The predicted molar refractivity (Wildman–Crippen MR) is 94.6 cm³/mol. The van der Waals surface area contributed by atoms with Crippen LogP contribution in [0.15, 0.2) is 28.8 Å². The van der Waals surface area contributed by atoms with E-state index in [4.69, 9.17) is 9.26 Å². The fraction of sp³-hybridized carbons (Fsp3) is 0.474. The van der Waals surface area contributed by atoms with Crippen molar-refractivity contribution in [2.45, 2.75) is 39.7 Å². The Labute approximate surface area is 147 Å². The molecule has 6 heteroatoms. The molecule has 0 saturated carbocycles. The fourth-order valence-electron chi connectivity index (χ4n) is 3.13. The minimum atomic E-state index is -0.177. The molecule has 6 nitrogen and oxygen atoms in total. The Balaban J connectivity index is 1.47. The minimum Gasteiger partial charge on any atom is -0.493 e. The van der Waals surface area contributed by atoms with Gasteiger partial charge in [-0.2, -0.15) is 0 Å². The summed E-state index contributed by atoms with van der Waals surface area (Å²) < 4.78 is 11.1. The van der Waals surface area contributed by atoms with E-state index in [1.54, 1.807) is 0 Å². The third-order valence-corrected chi connectivity index (χ3v) is 4.54. The molecule has 1 aliphatic heterocycles. The van der Waals surface area contributed by atoms with E-state index in [1.807, 2.05) is 32.0 Å². The number of hydrogen-bond donors (Lipinski definition) is 2. The number of benzene rings is 1. The summed E-state index contributed by atoms with van der Waals surface area (Å²) in [7, 11) is 0. The molecule has 0 aliphatic carbocycles. The fourth-order valence-corrected chi connectivity index (χ4v) is 3.13. The van der Waals surface area contributed by atoms with Crippen LogP contribution in [0.25, 0.3) is 0 Å². The Morgan fingerprint density at radius 3 is 2.88 bits per heavy atom. The van der Waals surface area contributed by atoms with Crippen LogP contribution in [0, 0.1) is 5.92 Å². The van der Waals surface area contributed by atoms with E-state index in [1.165, 1.54) is 5.56 Å². The van der Waals surface area contributed by atoms with Crippen molar-refractivity contribution in [3.05, 3.63) is 46.8 Å². The Morgan fingerprint density at radius 2 is 2.08 bits per heavy atom. The minimum absolute atomic E-state index is 0.177. The van der Waals surface area contributed by atoms with Gasteiger partial charge in [0.15, 0.2) is 0 Å². The van der Waals surface area contributed by atoms with Gasteiger partial charge in [0.25, 0.3) is 0 Å². The first-order chi connectivity index (χ1) is 12.2. The van der Waals surface area contributed by atoms with Crippen molar-refractivity contribution in [3.63, 3.8) is 0 Å². The van der Waals surface area contributed by atoms with Crippen molar-refractivity contribution in [1.82, 2.24) is 15.8 Å². The maximum atomic E-state index is 12.1. The molecular formula is C19H25N3O3. The van der Waals surface area contributed by atoms with Crippen molar-refractivity contribution in [1.29, 1.82) is 0 Å². The van der Waals surface area contributed by atoms with E-state index in [2.05, 4.69) is 21.9 Å². The maximum absolute atomic E-state index is 12.1. The van der Waals surface area contributed by atoms with E-state index in [0.717, 1.165) is 42.0 Å². The molecule has 134 valence electrons. The number of amides is 2. The number of aromatic nitrogens is 1. The van der Waals surface area contributed by atoms with Crippen molar-refractivity contribution in [3.8, 4) is 5.75 Å². The van der Waals surface area contributed by atoms with Crippen LogP contribution >= 0.6 is 0 Å². The lowest BCUT2D eigenvalue weighted by Crippen LogP contribution is -2.40. The predicted octanol–water partition coefficient (Wildman–Crippen LogP) is 2.85. The van der Waals surface area contributed by atoms with Gasteiger partial charge in [0.1, 0.15) is 11.5 Å². The number of urea groups is 1. The Bertz CT molecular complexity index is 705. The van der Waals surface area contributed by atoms with Gasteiger partial charge in [-0.25, -0.2) is 4.79 Å². The molecule has 2 aromatic rings. The van der Waals surface area contributed by atoms with E-state index in [9.17, 15) is 4.79 Å². The third kappa shape index (κ3) is 4.13. The molecule has 2 N–H and O–H groups in total. The van der Waals surface area contributed by atoms with E-state index >= 15 is 0 Å². The molecule has 25 heavy (non-hydrogen) atoms. The summed E-state index contributed by atoms with van der Waals surface area (Å²) in [4.78, 5) is 12.1. The van der Waals surface area contributed by atoms with E-state index in [-0.39, 0.29) is 11.9 Å². The second-order valence-corrected chi connectivity index (χ2v) is 6.29. The number of nitrogens with one attached hydrogen (secondary N) is 2. The summed E-state index contributed by atoms with van der Waals surface area (Å²) in [6, 6.07) is 7.88. The Hall–Kier alpha value is -2.50. The first-order valence-electron chi connectivity index (χ1n) is 8.89. The summed E-state index contributed by atoms with van der Waals surface area (Å²) in [5, 5.41) is 9.90. The molecule has 0 unspecified atom stereocenters. The van der Waals surface area contributed by atoms with Gasteiger partial charge in [0, 0.05) is 31.0 Å². The Kier molecular flexibility index (Phi) is 5.58. The number of ether oxygens (including phenoxy) is 1. The molecule has 1 aliphatic rings. The number of nitrogens with zero attached hydrogens (tertiary/aromatic N) is 1. The average Bonchev–Trinajstić information content (AvgIpc) is 3.06. The molecule has 0 saturated heterocycles. The van der Waals surface area contributed by atoms with Crippen LogP contribution in [0.5, 0.6) is 5.75 Å². The summed E-state index contributed by atoms with van der Waals surface area (Å²) in [6.07, 6.45) is 2.48. The zero-order chi connectivity index (χ0) is 17.6. The van der Waals surface area contributed by atoms with Gasteiger partial charge in [-0.1, -0.05) is 37.2 Å². The molecule has 1 aromatic heterocycles. The largest absolute Gasteiger partial charge is 0.493 e. The van der Waals surface area contributed by atoms with Crippen molar-refractivity contribution in [2.75, 3.05) is 13.2 Å². The highest BCUT2D eigenvalue weighted by Gasteiger charge is 2.20. The van der Waals surface area contributed by atoms with Gasteiger partial charge in [0.05, 0.1) is 12.3 Å². The first-order valence-corrected chi connectivity index (χ1v) is 8.89. The summed E-state index contributed by atoms with van der Waals surface area (Å²) in [5.41, 5.74) is 3.11. The number of carbonyl (C=O) groups is 1. The molecule has 2 heterocycles. The molecule has 3 rings (SSSR count). The molecule has 0 fully saturated rings. The van der Waals surface area contributed by atoms with Gasteiger partial charge < -0.3 is 19.9 Å². The Morgan fingerprint density at radius 1 is 1.24 bits per heavy atom. The monoisotopic (exact) mass is 343 g/mol. The SMILES string of the molecule is CCc1noc(CC)c1CNC(=O)NC[C@@H]1COc2ccccc2C1. The lowest BCUT2D eigenvalue weighted by molar-refractivity contribution is 0.211. The van der Waals surface area contributed by atoms with Gasteiger partial charge in [-0.3, -0.25) is 0 Å². The molecule has 0 spiro atoms. The molecule has 0 bridgehead atoms. The number of fused-ring (bicyclic) bond motifs is 1. The lowest BCUT2D eigenvalue weighted by Gasteiger charge is -2.25. The zero-order valence-corrected chi connectivity index (χ0v) is 14.8. The second-order valence-electron chi connectivity index (χ2n) is 6.29. The molecule has 0 radical (unpaired) electrons. The van der Waals surface area contributed by atoms with Gasteiger partial charge >= 0.3 is 6.03 Å².